The van der Waals surface area contributed by atoms with Crippen molar-refractivity contribution in [2.24, 2.45) is 0 Å². The number of hydrogen-bond acceptors (Lipinski definition) is 4. The van der Waals surface area contributed by atoms with E-state index < -0.39 is 45.4 Å². The molecule has 0 amide bonds. The van der Waals surface area contributed by atoms with E-state index in [1.54, 1.807) is 45.2 Å². The van der Waals surface area contributed by atoms with Gasteiger partial charge in [-0.15, -0.1) is 0 Å². The van der Waals surface area contributed by atoms with Crippen LogP contribution in [-0.2, 0) is 14.9 Å². The minimum Gasteiger partial charge on any atom is -0.435 e. The first-order chi connectivity index (χ1) is 11.4. The number of carbonyl (C=O) groups is 1. The highest BCUT2D eigenvalue weighted by atomic mass is 127. The minimum absolute atomic E-state index is 0.349. The van der Waals surface area contributed by atoms with Gasteiger partial charge in [0.1, 0.15) is 5.75 Å². The third-order valence-corrected chi connectivity index (χ3v) is 8.49. The molecule has 0 radical (unpaired) electrons. The molecule has 148 valence electrons. The summed E-state index contributed by atoms with van der Waals surface area (Å²) < 4.78 is 114. The van der Waals surface area contributed by atoms with Gasteiger partial charge in [-0.3, -0.25) is 4.55 Å². The average Bonchev–Trinajstić information content (AvgIpc) is 2.39. The fourth-order valence-electron chi connectivity index (χ4n) is 1.62. The lowest BCUT2D eigenvalue weighted by atomic mass is 10.1. The van der Waals surface area contributed by atoms with E-state index in [1.807, 2.05) is 22.6 Å². The summed E-state index contributed by atoms with van der Waals surface area (Å²) in [7, 11) is -5.82. The summed E-state index contributed by atoms with van der Waals surface area (Å²) >= 11 is 5.24. The Morgan fingerprint density at radius 2 is 1.38 bits per heavy atom. The second-order valence-electron chi connectivity index (χ2n) is 4.69. The summed E-state index contributed by atoms with van der Waals surface area (Å²) in [4.78, 5) is 11.9. The molecule has 0 spiro atoms. The number of benzene rings is 1. The molecule has 0 saturated heterocycles. The summed E-state index contributed by atoms with van der Waals surface area (Å²) in [5, 5.41) is 0. The van der Waals surface area contributed by atoms with Crippen molar-refractivity contribution >= 4 is 83.9 Å². The van der Waals surface area contributed by atoms with Crippen LogP contribution in [0.3, 0.4) is 0 Å². The zero-order chi connectivity index (χ0) is 20.7. The van der Waals surface area contributed by atoms with E-state index in [1.165, 1.54) is 0 Å². The third-order valence-electron chi connectivity index (χ3n) is 2.79. The Morgan fingerprint density at radius 1 is 1.00 bits per heavy atom. The first-order valence-electron chi connectivity index (χ1n) is 5.88. The Bertz CT molecular complexity index is 784. The molecular weight excluding hydrogens is 739 g/mol. The van der Waals surface area contributed by atoms with Crippen LogP contribution < -0.4 is 0 Å². The molecule has 1 N–H and O–H groups in total. The van der Waals surface area contributed by atoms with Gasteiger partial charge in [-0.2, -0.15) is 34.8 Å². The van der Waals surface area contributed by atoms with E-state index in [0.717, 1.165) is 12.1 Å². The third kappa shape index (κ3) is 5.46. The van der Waals surface area contributed by atoms with Gasteiger partial charge in [-0.25, -0.2) is 4.79 Å². The molecule has 0 saturated carbocycles. The lowest BCUT2D eigenvalue weighted by molar-refractivity contribution is -0.356. The molecule has 0 aromatic heterocycles. The van der Waals surface area contributed by atoms with Gasteiger partial charge in [0, 0.05) is 10.7 Å². The molecule has 15 heteroatoms. The number of ether oxygens (including phenoxy) is 1. The number of carbonyl (C=O) groups excluding carboxylic acids is 1. The Kier molecular flexibility index (Phi) is 7.52. The van der Waals surface area contributed by atoms with E-state index in [9.17, 15) is 39.6 Å². The molecule has 0 fully saturated rings. The quantitative estimate of drug-likeness (QED) is 0.163. The van der Waals surface area contributed by atoms with Crippen molar-refractivity contribution in [3.8, 4) is 0 Å². The Balaban J connectivity index is 3.53. The van der Waals surface area contributed by atoms with Crippen LogP contribution in [0.2, 0.25) is 0 Å². The molecule has 0 heterocycles. The fourth-order valence-corrected chi connectivity index (χ4v) is 4.60. The van der Waals surface area contributed by atoms with Crippen LogP contribution in [0.5, 0.6) is 0 Å². The van der Waals surface area contributed by atoms with E-state index in [2.05, 4.69) is 4.74 Å². The first-order valence-corrected chi connectivity index (χ1v) is 10.7. The van der Waals surface area contributed by atoms with Crippen LogP contribution in [0, 0.1) is 10.7 Å². The zero-order valence-corrected chi connectivity index (χ0v) is 19.0. The van der Waals surface area contributed by atoms with Crippen molar-refractivity contribution in [1.29, 1.82) is 0 Å². The van der Waals surface area contributed by atoms with Crippen molar-refractivity contribution in [2.45, 2.75) is 18.0 Å². The summed E-state index contributed by atoms with van der Waals surface area (Å²) in [5.74, 6) is -4.97. The summed E-state index contributed by atoms with van der Waals surface area (Å²) in [6.45, 7) is 0. The van der Waals surface area contributed by atoms with Crippen molar-refractivity contribution in [1.82, 2.24) is 0 Å². The highest BCUT2D eigenvalue weighted by Gasteiger charge is 2.76. The average molecular weight is 744 g/mol. The van der Waals surface area contributed by atoms with E-state index in [4.69, 9.17) is 4.55 Å². The van der Waals surface area contributed by atoms with Gasteiger partial charge >= 0.3 is 23.9 Å². The molecule has 0 atom stereocenters. The maximum Gasteiger partial charge on any atom is 0.438 e. The number of halogens is 9. The predicted molar refractivity (Wildman–Crippen MR) is 101 cm³/mol. The monoisotopic (exact) mass is 744 g/mol. The van der Waals surface area contributed by atoms with Gasteiger partial charge < -0.3 is 4.74 Å². The van der Waals surface area contributed by atoms with Gasteiger partial charge in [-0.05, 0) is 79.9 Å². The molecule has 1 rings (SSSR count). The maximum absolute atomic E-state index is 13.1. The van der Waals surface area contributed by atoms with Crippen LogP contribution in [-0.4, -0.2) is 42.6 Å². The SMILES string of the molecule is O=C(OC(CS(=O)(=O)O)(C(F)(F)F)C(F)(F)F)c1cc(I)c(I)c(I)c1. The Hall–Kier alpha value is 0.370. The molecule has 26 heavy (non-hydrogen) atoms. The molecule has 0 bridgehead atoms. The minimum atomic E-state index is -6.36. The first kappa shape index (κ1) is 24.4. The normalized spacial score (nSPS) is 13.6. The molecule has 0 aliphatic heterocycles. The summed E-state index contributed by atoms with van der Waals surface area (Å²) in [6, 6.07) is 1.97. The highest BCUT2D eigenvalue weighted by molar-refractivity contribution is 14.1. The van der Waals surface area contributed by atoms with Gasteiger partial charge in [0.25, 0.3) is 10.1 Å². The maximum atomic E-state index is 13.1. The van der Waals surface area contributed by atoms with Gasteiger partial charge in [0.15, 0.2) is 0 Å². The van der Waals surface area contributed by atoms with Gasteiger partial charge in [0.05, 0.1) is 5.56 Å². The van der Waals surface area contributed by atoms with Crippen LogP contribution in [0.4, 0.5) is 26.3 Å². The van der Waals surface area contributed by atoms with Crippen molar-refractivity contribution < 1.29 is 48.8 Å². The smallest absolute Gasteiger partial charge is 0.435 e. The van der Waals surface area contributed by atoms with E-state index in [-0.39, 0.29) is 0 Å². The summed E-state index contributed by atoms with van der Waals surface area (Å²) in [6.07, 6.45) is -12.7. The van der Waals surface area contributed by atoms with Crippen LogP contribution >= 0.6 is 67.8 Å². The topological polar surface area (TPSA) is 80.7 Å². The van der Waals surface area contributed by atoms with Crippen LogP contribution in [0.1, 0.15) is 10.4 Å². The van der Waals surface area contributed by atoms with Crippen LogP contribution in [0.25, 0.3) is 0 Å². The highest BCUT2D eigenvalue weighted by Crippen LogP contribution is 2.47. The van der Waals surface area contributed by atoms with E-state index >= 15 is 0 Å². The molecule has 0 unspecified atom stereocenters. The van der Waals surface area contributed by atoms with Crippen molar-refractivity contribution in [3.05, 3.63) is 28.4 Å². The standard InChI is InChI=1S/C11H5F6I3O5S/c12-10(13,14)9(11(15,16)17,3-26(22,23)24)25-8(21)4-1-5(18)7(20)6(19)2-4/h1-2H,3H2,(H,22,23,24). The molecular formula is C11H5F6I3O5S. The largest absolute Gasteiger partial charge is 0.438 e. The van der Waals surface area contributed by atoms with E-state index in [0.29, 0.717) is 10.7 Å². The number of alkyl halides is 6. The fraction of sp³-hybridized carbons (Fsp3) is 0.364. The lowest BCUT2D eigenvalue weighted by Crippen LogP contribution is -2.63. The number of esters is 1. The van der Waals surface area contributed by atoms with Gasteiger partial charge in [-0.1, -0.05) is 0 Å². The predicted octanol–water partition coefficient (Wildman–Crippen LogP) is 4.41. The van der Waals surface area contributed by atoms with Crippen molar-refractivity contribution in [2.75, 3.05) is 5.75 Å². The molecule has 1 aromatic carbocycles. The van der Waals surface area contributed by atoms with Crippen LogP contribution in [0.15, 0.2) is 12.1 Å². The zero-order valence-electron chi connectivity index (χ0n) is 11.8. The van der Waals surface area contributed by atoms with Crippen molar-refractivity contribution in [3.63, 3.8) is 0 Å². The van der Waals surface area contributed by atoms with Gasteiger partial charge in [0.2, 0.25) is 0 Å². The number of rotatable bonds is 4. The summed E-state index contributed by atoms with van der Waals surface area (Å²) in [5.41, 5.74) is -6.07. The lowest BCUT2D eigenvalue weighted by Gasteiger charge is -2.35. The molecule has 1 aromatic rings. The Morgan fingerprint density at radius 3 is 1.69 bits per heavy atom. The second-order valence-corrected chi connectivity index (χ2v) is 9.55. The number of hydrogen-bond donors (Lipinski definition) is 1. The molecule has 5 nitrogen and oxygen atoms in total. The second kappa shape index (κ2) is 8.01. The Labute approximate surface area is 183 Å². The molecule has 0 aliphatic rings. The molecule has 0 aliphatic carbocycles.